The van der Waals surface area contributed by atoms with Gasteiger partial charge in [0, 0.05) is 15.4 Å². The van der Waals surface area contributed by atoms with E-state index in [0.717, 1.165) is 32.0 Å². The number of anilines is 1. The highest BCUT2D eigenvalue weighted by atomic mass is 79.9. The fourth-order valence-electron chi connectivity index (χ4n) is 2.86. The molecule has 0 spiro atoms. The van der Waals surface area contributed by atoms with Gasteiger partial charge in [-0.15, -0.1) is 11.3 Å². The minimum atomic E-state index is 0.483. The van der Waals surface area contributed by atoms with Gasteiger partial charge >= 0.3 is 0 Å². The Kier molecular flexibility index (Phi) is 6.96. The van der Waals surface area contributed by atoms with E-state index in [0.29, 0.717) is 18.1 Å². The van der Waals surface area contributed by atoms with E-state index in [-0.39, 0.29) is 0 Å². The molecule has 0 atom stereocenters. The molecule has 0 radical (unpaired) electrons. The van der Waals surface area contributed by atoms with E-state index in [4.69, 9.17) is 9.47 Å². The van der Waals surface area contributed by atoms with Crippen LogP contribution in [0, 0.1) is 0 Å². The molecule has 0 amide bonds. The number of thiazole rings is 1. The number of nitrogens with one attached hydrogen (secondary N) is 1. The summed E-state index contributed by atoms with van der Waals surface area (Å²) in [4.78, 5) is 4.58. The Bertz CT molecular complexity index is 1160. The second kappa shape index (κ2) is 10.2. The molecule has 0 aliphatic rings. The largest absolute Gasteiger partial charge is 0.493 e. The number of rotatable bonds is 8. The van der Waals surface area contributed by atoms with Crippen LogP contribution < -0.4 is 14.9 Å². The molecule has 3 aromatic carbocycles. The second-order valence-corrected chi connectivity index (χ2v) is 8.37. The summed E-state index contributed by atoms with van der Waals surface area (Å²) < 4.78 is 12.4. The summed E-state index contributed by atoms with van der Waals surface area (Å²) in [6.07, 6.45) is 1.73. The number of hydrazone groups is 1. The summed E-state index contributed by atoms with van der Waals surface area (Å²) in [6, 6.07) is 23.8. The molecule has 4 rings (SSSR count). The number of nitrogens with zero attached hydrogens (tertiary/aromatic N) is 2. The van der Waals surface area contributed by atoms with Gasteiger partial charge in [0.05, 0.1) is 19.0 Å². The van der Waals surface area contributed by atoms with E-state index in [1.165, 1.54) is 11.3 Å². The topological polar surface area (TPSA) is 55.7 Å². The molecule has 156 valence electrons. The van der Waals surface area contributed by atoms with Gasteiger partial charge in [0.15, 0.2) is 11.5 Å². The zero-order valence-corrected chi connectivity index (χ0v) is 19.2. The highest BCUT2D eigenvalue weighted by Gasteiger charge is 2.06. The van der Waals surface area contributed by atoms with Crippen molar-refractivity contribution in [1.82, 2.24) is 4.98 Å². The van der Waals surface area contributed by atoms with Crippen LogP contribution in [0.25, 0.3) is 11.3 Å². The third kappa shape index (κ3) is 5.71. The molecule has 0 aliphatic carbocycles. The van der Waals surface area contributed by atoms with Gasteiger partial charge in [-0.05, 0) is 41.5 Å². The second-order valence-electron chi connectivity index (χ2n) is 6.60. The van der Waals surface area contributed by atoms with E-state index in [1.807, 2.05) is 78.2 Å². The first-order valence-corrected chi connectivity index (χ1v) is 11.2. The molecule has 1 heterocycles. The van der Waals surface area contributed by atoms with Crippen LogP contribution in [-0.4, -0.2) is 18.3 Å². The summed E-state index contributed by atoms with van der Waals surface area (Å²) in [7, 11) is 1.63. The van der Waals surface area contributed by atoms with Crippen LogP contribution in [0.2, 0.25) is 0 Å². The van der Waals surface area contributed by atoms with E-state index in [9.17, 15) is 0 Å². The van der Waals surface area contributed by atoms with Crippen molar-refractivity contribution in [2.75, 3.05) is 12.5 Å². The Morgan fingerprint density at radius 1 is 1.03 bits per heavy atom. The van der Waals surface area contributed by atoms with Crippen LogP contribution in [0.4, 0.5) is 5.13 Å². The zero-order chi connectivity index (χ0) is 21.5. The zero-order valence-electron chi connectivity index (χ0n) is 16.8. The van der Waals surface area contributed by atoms with Gasteiger partial charge in [-0.3, -0.25) is 5.43 Å². The van der Waals surface area contributed by atoms with E-state index < -0.39 is 0 Å². The monoisotopic (exact) mass is 493 g/mol. The maximum absolute atomic E-state index is 5.90. The van der Waals surface area contributed by atoms with Crippen molar-refractivity contribution in [3.05, 3.63) is 93.8 Å². The van der Waals surface area contributed by atoms with Gasteiger partial charge in [-0.1, -0.05) is 58.4 Å². The maximum Gasteiger partial charge on any atom is 0.203 e. The maximum atomic E-state index is 5.90. The van der Waals surface area contributed by atoms with Crippen LogP contribution >= 0.6 is 27.3 Å². The molecule has 1 aromatic heterocycles. The summed E-state index contributed by atoms with van der Waals surface area (Å²) in [5.41, 5.74) is 6.96. The molecule has 7 heteroatoms. The first-order valence-electron chi connectivity index (χ1n) is 9.56. The Labute approximate surface area is 193 Å². The molecular weight excluding hydrogens is 474 g/mol. The number of aromatic nitrogens is 1. The molecule has 0 saturated carbocycles. The van der Waals surface area contributed by atoms with Crippen molar-refractivity contribution in [3.63, 3.8) is 0 Å². The third-order valence-electron chi connectivity index (χ3n) is 4.44. The molecule has 4 aromatic rings. The number of halogens is 1. The van der Waals surface area contributed by atoms with Gasteiger partial charge in [0.1, 0.15) is 6.61 Å². The Morgan fingerprint density at radius 2 is 1.84 bits per heavy atom. The molecule has 0 fully saturated rings. The molecular formula is C24H20BrN3O2S. The summed E-state index contributed by atoms with van der Waals surface area (Å²) in [5.74, 6) is 1.35. The van der Waals surface area contributed by atoms with Crippen LogP contribution in [0.3, 0.4) is 0 Å². The highest BCUT2D eigenvalue weighted by Crippen LogP contribution is 2.29. The standard InChI is InChI=1S/C24H20BrN3O2S/c1-29-23-13-18(7-12-22(23)30-15-17-5-3-2-4-6-17)14-26-28-24-27-21(16-31-24)19-8-10-20(25)11-9-19/h2-14,16H,15H2,1H3,(H,27,28)/b26-14+. The first-order chi connectivity index (χ1) is 15.2. The predicted molar refractivity (Wildman–Crippen MR) is 130 cm³/mol. The number of hydrogen-bond donors (Lipinski definition) is 1. The predicted octanol–water partition coefficient (Wildman–Crippen LogP) is 6.61. The molecule has 0 saturated heterocycles. The van der Waals surface area contributed by atoms with Gasteiger partial charge in [-0.2, -0.15) is 5.10 Å². The Hall–Kier alpha value is -3.16. The van der Waals surface area contributed by atoms with Crippen molar-refractivity contribution in [1.29, 1.82) is 0 Å². The van der Waals surface area contributed by atoms with Gasteiger partial charge in [0.2, 0.25) is 5.13 Å². The fourth-order valence-corrected chi connectivity index (χ4v) is 3.79. The van der Waals surface area contributed by atoms with Gasteiger partial charge in [-0.25, -0.2) is 4.98 Å². The van der Waals surface area contributed by atoms with Crippen molar-refractivity contribution in [3.8, 4) is 22.8 Å². The average Bonchev–Trinajstić information content (AvgIpc) is 3.28. The lowest BCUT2D eigenvalue weighted by molar-refractivity contribution is 0.284. The van der Waals surface area contributed by atoms with Gasteiger partial charge in [0.25, 0.3) is 0 Å². The lowest BCUT2D eigenvalue weighted by Crippen LogP contribution is -1.98. The number of hydrogen-bond acceptors (Lipinski definition) is 6. The number of ether oxygens (including phenoxy) is 2. The first kappa shape index (κ1) is 21.1. The van der Waals surface area contributed by atoms with Crippen LogP contribution in [0.15, 0.2) is 87.8 Å². The van der Waals surface area contributed by atoms with Crippen molar-refractivity contribution >= 4 is 38.6 Å². The quantitative estimate of drug-likeness (QED) is 0.221. The molecule has 0 unspecified atom stereocenters. The summed E-state index contributed by atoms with van der Waals surface area (Å²) in [5, 5.41) is 7.03. The molecule has 31 heavy (non-hydrogen) atoms. The van der Waals surface area contributed by atoms with Crippen LogP contribution in [0.5, 0.6) is 11.5 Å². The minimum absolute atomic E-state index is 0.483. The molecule has 5 nitrogen and oxygen atoms in total. The Balaban J connectivity index is 1.38. The van der Waals surface area contributed by atoms with Crippen molar-refractivity contribution in [2.45, 2.75) is 6.61 Å². The van der Waals surface area contributed by atoms with Crippen molar-refractivity contribution < 1.29 is 9.47 Å². The van der Waals surface area contributed by atoms with E-state index in [1.54, 1.807) is 13.3 Å². The SMILES string of the molecule is COc1cc(/C=N/Nc2nc(-c3ccc(Br)cc3)cs2)ccc1OCc1ccccc1. The fraction of sp³-hybridized carbons (Fsp3) is 0.0833. The molecule has 1 N–H and O–H groups in total. The van der Waals surface area contributed by atoms with Crippen molar-refractivity contribution in [2.24, 2.45) is 5.10 Å². The normalized spacial score (nSPS) is 10.9. The summed E-state index contributed by atoms with van der Waals surface area (Å²) >= 11 is 4.95. The number of benzene rings is 3. The Morgan fingerprint density at radius 3 is 2.61 bits per heavy atom. The smallest absolute Gasteiger partial charge is 0.203 e. The lowest BCUT2D eigenvalue weighted by Gasteiger charge is -2.11. The third-order valence-corrected chi connectivity index (χ3v) is 5.72. The summed E-state index contributed by atoms with van der Waals surface area (Å²) in [6.45, 7) is 0.483. The van der Waals surface area contributed by atoms with E-state index >= 15 is 0 Å². The van der Waals surface area contributed by atoms with Crippen LogP contribution in [0.1, 0.15) is 11.1 Å². The minimum Gasteiger partial charge on any atom is -0.493 e. The molecule has 0 aliphatic heterocycles. The number of methoxy groups -OCH3 is 1. The average molecular weight is 494 g/mol. The molecule has 0 bridgehead atoms. The van der Waals surface area contributed by atoms with Gasteiger partial charge < -0.3 is 9.47 Å². The van der Waals surface area contributed by atoms with E-state index in [2.05, 4.69) is 31.4 Å². The van der Waals surface area contributed by atoms with Crippen LogP contribution in [-0.2, 0) is 6.61 Å². The highest BCUT2D eigenvalue weighted by molar-refractivity contribution is 9.10. The lowest BCUT2D eigenvalue weighted by atomic mass is 10.2.